The second-order valence-corrected chi connectivity index (χ2v) is 9.04. The molecule has 1 aromatic heterocycles. The van der Waals surface area contributed by atoms with Crippen molar-refractivity contribution in [1.82, 2.24) is 15.2 Å². The fourth-order valence-electron chi connectivity index (χ4n) is 5.21. The van der Waals surface area contributed by atoms with E-state index in [2.05, 4.69) is 21.3 Å². The minimum atomic E-state index is -0.0562. The van der Waals surface area contributed by atoms with Gasteiger partial charge in [0.2, 0.25) is 5.91 Å². The summed E-state index contributed by atoms with van der Waals surface area (Å²) in [6.07, 6.45) is 8.33. The summed E-state index contributed by atoms with van der Waals surface area (Å²) in [6.45, 7) is 2.73. The highest BCUT2D eigenvalue weighted by Gasteiger charge is 2.33. The highest BCUT2D eigenvalue weighted by atomic mass is 16.5. The molecule has 4 rings (SSSR count). The monoisotopic (exact) mass is 437 g/mol. The van der Waals surface area contributed by atoms with Crippen molar-refractivity contribution in [3.63, 3.8) is 0 Å². The molecular weight excluding hydrogens is 402 g/mol. The number of pyridine rings is 1. The predicted octanol–water partition coefficient (Wildman–Crippen LogP) is 4.36. The van der Waals surface area contributed by atoms with Crippen LogP contribution in [0.1, 0.15) is 55.8 Å². The van der Waals surface area contributed by atoms with Crippen LogP contribution in [-0.4, -0.2) is 43.1 Å². The van der Waals surface area contributed by atoms with Crippen molar-refractivity contribution >= 4 is 5.91 Å². The number of piperidine rings is 1. The lowest BCUT2D eigenvalue weighted by atomic mass is 9.87. The molecule has 1 amide bonds. The van der Waals surface area contributed by atoms with Crippen LogP contribution in [0.25, 0.3) is 0 Å². The first kappa shape index (κ1) is 22.6. The smallest absolute Gasteiger partial charge is 0.223 e. The molecule has 2 aliphatic rings. The van der Waals surface area contributed by atoms with Gasteiger partial charge in [-0.1, -0.05) is 18.9 Å². The molecule has 1 saturated heterocycles. The van der Waals surface area contributed by atoms with Crippen LogP contribution in [0.2, 0.25) is 0 Å². The van der Waals surface area contributed by atoms with E-state index in [4.69, 9.17) is 9.47 Å². The second-order valence-electron chi connectivity index (χ2n) is 9.04. The lowest BCUT2D eigenvalue weighted by Gasteiger charge is -2.37. The van der Waals surface area contributed by atoms with Gasteiger partial charge in [-0.25, -0.2) is 0 Å². The van der Waals surface area contributed by atoms with Gasteiger partial charge in [0.15, 0.2) is 0 Å². The van der Waals surface area contributed by atoms with Crippen molar-refractivity contribution < 1.29 is 14.3 Å². The molecule has 6 heteroatoms. The Kier molecular flexibility index (Phi) is 7.63. The topological polar surface area (TPSA) is 63.7 Å². The number of nitrogens with one attached hydrogen (secondary N) is 1. The van der Waals surface area contributed by atoms with Crippen LogP contribution in [0.15, 0.2) is 42.6 Å². The fourth-order valence-corrected chi connectivity index (χ4v) is 5.21. The summed E-state index contributed by atoms with van der Waals surface area (Å²) in [5.41, 5.74) is 2.08. The van der Waals surface area contributed by atoms with Crippen LogP contribution in [0.3, 0.4) is 0 Å². The van der Waals surface area contributed by atoms with E-state index in [-0.39, 0.29) is 17.9 Å². The van der Waals surface area contributed by atoms with Gasteiger partial charge in [-0.2, -0.15) is 0 Å². The molecule has 2 atom stereocenters. The molecular formula is C26H35N3O3. The van der Waals surface area contributed by atoms with Crippen LogP contribution in [0.5, 0.6) is 11.5 Å². The van der Waals surface area contributed by atoms with Gasteiger partial charge in [0, 0.05) is 30.8 Å². The first-order valence-corrected chi connectivity index (χ1v) is 11.8. The van der Waals surface area contributed by atoms with E-state index in [0.717, 1.165) is 80.9 Å². The molecule has 0 spiro atoms. The van der Waals surface area contributed by atoms with E-state index in [1.165, 1.54) is 0 Å². The summed E-state index contributed by atoms with van der Waals surface area (Å²) < 4.78 is 11.0. The number of carbonyl (C=O) groups excluding carboxylic acids is 1. The Labute approximate surface area is 191 Å². The van der Waals surface area contributed by atoms with Gasteiger partial charge in [-0.15, -0.1) is 0 Å². The number of benzene rings is 1. The standard InChI is InChI=1S/C26H35N3O3/c1-31-22-12-13-24(32-2)21(16-22)18-29-15-7-10-20(17-29)25(23-11-5-6-14-27-23)28-26(30)19-8-3-4-9-19/h5-6,11-14,16,19-20,25H,3-4,7-10,15,17-18H2,1-2H3,(H,28,30)/t20-,25+/m1/s1. The van der Waals surface area contributed by atoms with E-state index < -0.39 is 0 Å². The molecule has 1 aliphatic heterocycles. The molecule has 172 valence electrons. The average Bonchev–Trinajstić information content (AvgIpc) is 3.38. The predicted molar refractivity (Wildman–Crippen MR) is 125 cm³/mol. The number of amides is 1. The van der Waals surface area contributed by atoms with Crippen LogP contribution in [0.4, 0.5) is 0 Å². The maximum absolute atomic E-state index is 13.0. The number of aromatic nitrogens is 1. The maximum atomic E-state index is 13.0. The summed E-state index contributed by atoms with van der Waals surface area (Å²) in [7, 11) is 3.40. The van der Waals surface area contributed by atoms with E-state index >= 15 is 0 Å². The largest absolute Gasteiger partial charge is 0.497 e. The van der Waals surface area contributed by atoms with E-state index in [1.807, 2.05) is 36.5 Å². The molecule has 0 bridgehead atoms. The molecule has 0 unspecified atom stereocenters. The highest BCUT2D eigenvalue weighted by Crippen LogP contribution is 2.33. The number of hydrogen-bond donors (Lipinski definition) is 1. The number of nitrogens with zero attached hydrogens (tertiary/aromatic N) is 2. The minimum Gasteiger partial charge on any atom is -0.497 e. The van der Waals surface area contributed by atoms with Crippen molar-refractivity contribution in [2.24, 2.45) is 11.8 Å². The Morgan fingerprint density at radius 1 is 1.12 bits per heavy atom. The molecule has 1 aromatic carbocycles. The summed E-state index contributed by atoms with van der Waals surface area (Å²) in [5.74, 6) is 2.39. The first-order valence-electron chi connectivity index (χ1n) is 11.8. The van der Waals surface area contributed by atoms with Crippen molar-refractivity contribution in [3.8, 4) is 11.5 Å². The number of rotatable bonds is 8. The third-order valence-corrected chi connectivity index (χ3v) is 6.93. The molecule has 1 aliphatic carbocycles. The lowest BCUT2D eigenvalue weighted by Crippen LogP contribution is -2.44. The second kappa shape index (κ2) is 10.8. The van der Waals surface area contributed by atoms with Crippen LogP contribution in [0, 0.1) is 11.8 Å². The van der Waals surface area contributed by atoms with E-state index in [1.54, 1.807) is 14.2 Å². The molecule has 32 heavy (non-hydrogen) atoms. The number of likely N-dealkylation sites (tertiary alicyclic amines) is 1. The zero-order chi connectivity index (χ0) is 22.3. The summed E-state index contributed by atoms with van der Waals surface area (Å²) in [4.78, 5) is 20.1. The minimum absolute atomic E-state index is 0.0562. The first-order chi connectivity index (χ1) is 15.7. The Bertz CT molecular complexity index is 883. The number of carbonyl (C=O) groups is 1. The van der Waals surface area contributed by atoms with Crippen LogP contribution >= 0.6 is 0 Å². The fraction of sp³-hybridized carbons (Fsp3) is 0.538. The Morgan fingerprint density at radius 3 is 2.69 bits per heavy atom. The van der Waals surface area contributed by atoms with Crippen LogP contribution in [-0.2, 0) is 11.3 Å². The van der Waals surface area contributed by atoms with Crippen molar-refractivity contribution in [1.29, 1.82) is 0 Å². The molecule has 0 radical (unpaired) electrons. The molecule has 1 saturated carbocycles. The number of ether oxygens (including phenoxy) is 2. The maximum Gasteiger partial charge on any atom is 0.223 e. The molecule has 1 N–H and O–H groups in total. The third kappa shape index (κ3) is 5.41. The quantitative estimate of drug-likeness (QED) is 0.665. The average molecular weight is 438 g/mol. The van der Waals surface area contributed by atoms with Crippen LogP contribution < -0.4 is 14.8 Å². The zero-order valence-electron chi connectivity index (χ0n) is 19.3. The lowest BCUT2D eigenvalue weighted by molar-refractivity contribution is -0.126. The molecule has 2 aromatic rings. The van der Waals surface area contributed by atoms with Gasteiger partial charge in [0.25, 0.3) is 0 Å². The van der Waals surface area contributed by atoms with E-state index in [9.17, 15) is 4.79 Å². The van der Waals surface area contributed by atoms with Gasteiger partial charge in [-0.05, 0) is 68.5 Å². The van der Waals surface area contributed by atoms with Gasteiger partial charge < -0.3 is 14.8 Å². The van der Waals surface area contributed by atoms with Crippen molar-refractivity contribution in [2.45, 2.75) is 51.1 Å². The Balaban J connectivity index is 1.50. The Hall–Kier alpha value is -2.60. The zero-order valence-corrected chi connectivity index (χ0v) is 19.3. The Morgan fingerprint density at radius 2 is 1.97 bits per heavy atom. The SMILES string of the molecule is COc1ccc(OC)c(CN2CCC[C@@H]([C@H](NC(=O)C3CCCC3)c3ccccn3)C2)c1. The third-order valence-electron chi connectivity index (χ3n) is 6.93. The molecule has 2 fully saturated rings. The van der Waals surface area contributed by atoms with Gasteiger partial charge in [0.05, 0.1) is 26.0 Å². The molecule has 2 heterocycles. The van der Waals surface area contributed by atoms with E-state index in [0.29, 0.717) is 5.92 Å². The normalized spacial score (nSPS) is 20.6. The summed E-state index contributed by atoms with van der Waals surface area (Å²) >= 11 is 0. The van der Waals surface area contributed by atoms with Gasteiger partial charge in [-0.3, -0.25) is 14.7 Å². The highest BCUT2D eigenvalue weighted by molar-refractivity contribution is 5.79. The summed E-state index contributed by atoms with van der Waals surface area (Å²) in [5, 5.41) is 3.40. The van der Waals surface area contributed by atoms with Gasteiger partial charge in [0.1, 0.15) is 11.5 Å². The van der Waals surface area contributed by atoms with Gasteiger partial charge >= 0.3 is 0 Å². The summed E-state index contributed by atoms with van der Waals surface area (Å²) in [6, 6.07) is 11.9. The number of methoxy groups -OCH3 is 2. The van der Waals surface area contributed by atoms with Crippen molar-refractivity contribution in [2.75, 3.05) is 27.3 Å². The number of hydrogen-bond acceptors (Lipinski definition) is 5. The van der Waals surface area contributed by atoms with Crippen molar-refractivity contribution in [3.05, 3.63) is 53.9 Å². The molecule has 6 nitrogen and oxygen atoms in total.